The Hall–Kier alpha value is 0.230. The van der Waals surface area contributed by atoms with Crippen LogP contribution < -0.4 is 11.1 Å². The van der Waals surface area contributed by atoms with Crippen molar-refractivity contribution in [1.82, 2.24) is 5.32 Å². The minimum atomic E-state index is -0.486. The quantitative estimate of drug-likeness (QED) is 0.725. The molecule has 0 spiro atoms. The summed E-state index contributed by atoms with van der Waals surface area (Å²) < 4.78 is 0. The second-order valence-corrected chi connectivity index (χ2v) is 3.44. The third-order valence-electron chi connectivity index (χ3n) is 0.665. The zero-order valence-electron chi connectivity index (χ0n) is 4.73. The first-order valence-corrected chi connectivity index (χ1v) is 4.44. The van der Waals surface area contributed by atoms with Crippen LogP contribution in [0.4, 0.5) is 4.79 Å². The van der Waals surface area contributed by atoms with Crippen LogP contribution in [-0.2, 0) is 0 Å². The summed E-state index contributed by atoms with van der Waals surface area (Å²) in [5.41, 5.74) is 4.81. The lowest BCUT2D eigenvalue weighted by Gasteiger charge is -2.04. The largest absolute Gasteiger partial charge is 0.352 e. The maximum atomic E-state index is 10.1. The van der Waals surface area contributed by atoms with E-state index in [0.29, 0.717) is 6.54 Å². The first-order chi connectivity index (χ1) is 4.16. The molecule has 0 saturated carbocycles. The molecule has 0 bridgehead atoms. The number of alkyl halides is 2. The molecule has 0 heterocycles. The standard InChI is InChI=1S/C4H8Br2N2O/c5-1-3(6)2-8-4(7)9/h3H,1-2H2,(H3,7,8,9). The van der Waals surface area contributed by atoms with Crippen molar-refractivity contribution in [2.24, 2.45) is 5.73 Å². The van der Waals surface area contributed by atoms with Crippen molar-refractivity contribution < 1.29 is 4.79 Å². The van der Waals surface area contributed by atoms with Crippen LogP contribution in [0.1, 0.15) is 0 Å². The number of halogens is 2. The van der Waals surface area contributed by atoms with Crippen molar-refractivity contribution in [1.29, 1.82) is 0 Å². The van der Waals surface area contributed by atoms with Gasteiger partial charge in [-0.3, -0.25) is 0 Å². The smallest absolute Gasteiger partial charge is 0.312 e. The van der Waals surface area contributed by atoms with Gasteiger partial charge in [0.05, 0.1) is 0 Å². The molecule has 0 aliphatic heterocycles. The number of rotatable bonds is 3. The highest BCUT2D eigenvalue weighted by Crippen LogP contribution is 2.00. The molecule has 0 radical (unpaired) electrons. The first-order valence-electron chi connectivity index (χ1n) is 2.40. The minimum absolute atomic E-state index is 0.255. The van der Waals surface area contributed by atoms with Gasteiger partial charge >= 0.3 is 6.03 Å². The van der Waals surface area contributed by atoms with Crippen molar-refractivity contribution in [2.75, 3.05) is 11.9 Å². The second kappa shape index (κ2) is 5.05. The van der Waals surface area contributed by atoms with E-state index in [1.165, 1.54) is 0 Å². The Morgan fingerprint density at radius 1 is 1.78 bits per heavy atom. The molecular weight excluding hydrogens is 252 g/mol. The fourth-order valence-electron chi connectivity index (χ4n) is 0.266. The Labute approximate surface area is 70.6 Å². The van der Waals surface area contributed by atoms with E-state index in [2.05, 4.69) is 37.2 Å². The normalized spacial score (nSPS) is 12.7. The highest BCUT2D eigenvalue weighted by atomic mass is 79.9. The Morgan fingerprint density at radius 2 is 2.33 bits per heavy atom. The number of urea groups is 1. The van der Waals surface area contributed by atoms with Crippen molar-refractivity contribution >= 4 is 37.9 Å². The van der Waals surface area contributed by atoms with Crippen LogP contribution in [0.25, 0.3) is 0 Å². The van der Waals surface area contributed by atoms with E-state index in [9.17, 15) is 4.79 Å². The first kappa shape index (κ1) is 9.23. The second-order valence-electron chi connectivity index (χ2n) is 1.50. The average molecular weight is 260 g/mol. The summed E-state index contributed by atoms with van der Waals surface area (Å²) in [6.07, 6.45) is 0. The lowest BCUT2D eigenvalue weighted by Crippen LogP contribution is -2.34. The maximum absolute atomic E-state index is 10.1. The Balaban J connectivity index is 3.16. The summed E-state index contributed by atoms with van der Waals surface area (Å²) in [6, 6.07) is -0.486. The lowest BCUT2D eigenvalue weighted by molar-refractivity contribution is 0.249. The van der Waals surface area contributed by atoms with E-state index < -0.39 is 6.03 Å². The van der Waals surface area contributed by atoms with Gasteiger partial charge in [0.1, 0.15) is 0 Å². The van der Waals surface area contributed by atoms with Gasteiger partial charge < -0.3 is 11.1 Å². The van der Waals surface area contributed by atoms with Crippen LogP contribution in [0.5, 0.6) is 0 Å². The summed E-state index contributed by atoms with van der Waals surface area (Å²) in [6.45, 7) is 0.556. The van der Waals surface area contributed by atoms with Gasteiger partial charge in [0.2, 0.25) is 0 Å². The number of carbonyl (C=O) groups excluding carboxylic acids is 1. The molecule has 0 saturated heterocycles. The zero-order valence-corrected chi connectivity index (χ0v) is 7.91. The van der Waals surface area contributed by atoms with Gasteiger partial charge in [0, 0.05) is 16.7 Å². The third-order valence-corrected chi connectivity index (χ3v) is 2.96. The van der Waals surface area contributed by atoms with E-state index in [4.69, 9.17) is 5.73 Å². The predicted octanol–water partition coefficient (Wildman–Crippen LogP) is 0.813. The molecule has 0 rings (SSSR count). The topological polar surface area (TPSA) is 55.1 Å². The van der Waals surface area contributed by atoms with Crippen molar-refractivity contribution in [3.8, 4) is 0 Å². The number of amides is 2. The lowest BCUT2D eigenvalue weighted by atomic mass is 10.5. The van der Waals surface area contributed by atoms with Crippen LogP contribution in [0.2, 0.25) is 0 Å². The van der Waals surface area contributed by atoms with E-state index in [1.54, 1.807) is 0 Å². The fraction of sp³-hybridized carbons (Fsp3) is 0.750. The van der Waals surface area contributed by atoms with Gasteiger partial charge in [-0.05, 0) is 0 Å². The fourth-order valence-corrected chi connectivity index (χ4v) is 0.657. The number of hydrogen-bond acceptors (Lipinski definition) is 1. The predicted molar refractivity (Wildman–Crippen MR) is 44.1 cm³/mol. The van der Waals surface area contributed by atoms with Crippen LogP contribution in [0, 0.1) is 0 Å². The number of hydrogen-bond donors (Lipinski definition) is 2. The van der Waals surface area contributed by atoms with Crippen LogP contribution in [0.15, 0.2) is 0 Å². The molecule has 0 aromatic carbocycles. The number of primary amides is 1. The van der Waals surface area contributed by atoms with Gasteiger partial charge in [-0.25, -0.2) is 4.79 Å². The summed E-state index contributed by atoms with van der Waals surface area (Å²) in [7, 11) is 0. The zero-order chi connectivity index (χ0) is 7.28. The van der Waals surface area contributed by atoms with Gasteiger partial charge in [-0.2, -0.15) is 0 Å². The van der Waals surface area contributed by atoms with Crippen molar-refractivity contribution in [2.45, 2.75) is 4.83 Å². The van der Waals surface area contributed by atoms with E-state index in [-0.39, 0.29) is 4.83 Å². The highest BCUT2D eigenvalue weighted by molar-refractivity contribution is 9.12. The molecule has 0 aromatic rings. The monoisotopic (exact) mass is 258 g/mol. The Bertz CT molecular complexity index is 98.6. The molecule has 5 heteroatoms. The molecular formula is C4H8Br2N2O. The summed E-state index contributed by atoms with van der Waals surface area (Å²) in [5, 5.41) is 3.26. The molecule has 0 aromatic heterocycles. The van der Waals surface area contributed by atoms with E-state index >= 15 is 0 Å². The molecule has 1 unspecified atom stereocenters. The van der Waals surface area contributed by atoms with E-state index in [0.717, 1.165) is 5.33 Å². The van der Waals surface area contributed by atoms with Gasteiger partial charge in [-0.1, -0.05) is 31.9 Å². The average Bonchev–Trinajstić information content (AvgIpc) is 1.83. The molecule has 1 atom stereocenters. The number of carbonyl (C=O) groups is 1. The van der Waals surface area contributed by atoms with Crippen LogP contribution in [0.3, 0.4) is 0 Å². The third kappa shape index (κ3) is 6.11. The Kier molecular flexibility index (Phi) is 5.18. The molecule has 54 valence electrons. The number of nitrogens with two attached hydrogens (primary N) is 1. The van der Waals surface area contributed by atoms with Gasteiger partial charge in [-0.15, -0.1) is 0 Å². The van der Waals surface area contributed by atoms with Gasteiger partial charge in [0.15, 0.2) is 0 Å². The molecule has 0 fully saturated rings. The summed E-state index contributed by atoms with van der Waals surface area (Å²) >= 11 is 6.51. The minimum Gasteiger partial charge on any atom is -0.352 e. The van der Waals surface area contributed by atoms with Gasteiger partial charge in [0.25, 0.3) is 0 Å². The summed E-state index contributed by atoms with van der Waals surface area (Å²) in [4.78, 5) is 10.3. The molecule has 9 heavy (non-hydrogen) atoms. The summed E-state index contributed by atoms with van der Waals surface area (Å²) in [5.74, 6) is 0. The molecule has 0 aliphatic carbocycles. The highest BCUT2D eigenvalue weighted by Gasteiger charge is 2.00. The van der Waals surface area contributed by atoms with Crippen LogP contribution >= 0.6 is 31.9 Å². The van der Waals surface area contributed by atoms with E-state index in [1.807, 2.05) is 0 Å². The Morgan fingerprint density at radius 3 is 2.67 bits per heavy atom. The van der Waals surface area contributed by atoms with Crippen molar-refractivity contribution in [3.05, 3.63) is 0 Å². The molecule has 2 amide bonds. The molecule has 3 nitrogen and oxygen atoms in total. The van der Waals surface area contributed by atoms with Crippen LogP contribution in [-0.4, -0.2) is 22.7 Å². The van der Waals surface area contributed by atoms with Crippen molar-refractivity contribution in [3.63, 3.8) is 0 Å². The molecule has 3 N–H and O–H groups in total. The number of nitrogens with one attached hydrogen (secondary N) is 1. The maximum Gasteiger partial charge on any atom is 0.312 e. The SMILES string of the molecule is NC(=O)NCC(Br)CBr. The molecule has 0 aliphatic rings.